The topological polar surface area (TPSA) is 24.1 Å². The lowest BCUT2D eigenvalue weighted by Crippen LogP contribution is -2.34. The molecule has 0 heterocycles. The fourth-order valence-electron chi connectivity index (χ4n) is 0.774. The highest BCUT2D eigenvalue weighted by atomic mass is 14.9. The summed E-state index contributed by atoms with van der Waals surface area (Å²) in [5.41, 5.74) is 0. The van der Waals surface area contributed by atoms with Crippen molar-refractivity contribution in [2.45, 2.75) is 39.5 Å². The molecule has 0 bridgehead atoms. The van der Waals surface area contributed by atoms with Gasteiger partial charge < -0.3 is 10.5 Å². The largest absolute Gasteiger partial charge is 0.346 e. The Hall–Kier alpha value is -0.0151. The fourth-order valence-corrected chi connectivity index (χ4v) is 0.774. The maximum Gasteiger partial charge on any atom is 0.307 e. The fraction of sp³-hybridized carbons (Fsp3) is 1.00. The second-order valence-corrected chi connectivity index (χ2v) is 2.76. The van der Waals surface area contributed by atoms with Crippen molar-refractivity contribution in [2.24, 2.45) is 0 Å². The van der Waals surface area contributed by atoms with Gasteiger partial charge in [-0.3, -0.25) is 0 Å². The standard InChI is InChI=1S/C8H20BN2/c1-3-5-7-10-9-11-8-6-4-2/h10-11H,3-8H2,1-2H3. The lowest BCUT2D eigenvalue weighted by molar-refractivity contribution is 0.733. The minimum absolute atomic E-state index is 1.09. The van der Waals surface area contributed by atoms with Crippen molar-refractivity contribution in [1.82, 2.24) is 10.5 Å². The number of hydrogen-bond donors (Lipinski definition) is 2. The molecule has 0 fully saturated rings. The van der Waals surface area contributed by atoms with Crippen LogP contribution in [0.3, 0.4) is 0 Å². The Morgan fingerprint density at radius 2 is 1.36 bits per heavy atom. The molecule has 0 aromatic heterocycles. The van der Waals surface area contributed by atoms with Crippen LogP contribution in [0.4, 0.5) is 0 Å². The van der Waals surface area contributed by atoms with Crippen LogP contribution in [0.1, 0.15) is 39.5 Å². The van der Waals surface area contributed by atoms with Crippen molar-refractivity contribution >= 4 is 7.55 Å². The van der Waals surface area contributed by atoms with Gasteiger partial charge in [-0.15, -0.1) is 0 Å². The lowest BCUT2D eigenvalue weighted by Gasteiger charge is -2.02. The van der Waals surface area contributed by atoms with E-state index in [-0.39, 0.29) is 0 Å². The second-order valence-electron chi connectivity index (χ2n) is 2.76. The van der Waals surface area contributed by atoms with Crippen molar-refractivity contribution in [3.8, 4) is 0 Å². The molecule has 2 N–H and O–H groups in total. The van der Waals surface area contributed by atoms with Gasteiger partial charge in [0, 0.05) is 0 Å². The van der Waals surface area contributed by atoms with Gasteiger partial charge in [0.15, 0.2) is 0 Å². The molecule has 0 spiro atoms. The summed E-state index contributed by atoms with van der Waals surface area (Å²) < 4.78 is 0. The third kappa shape index (κ3) is 9.98. The number of unbranched alkanes of at least 4 members (excludes halogenated alkanes) is 2. The first-order valence-corrected chi connectivity index (χ1v) is 4.70. The van der Waals surface area contributed by atoms with Gasteiger partial charge in [0.05, 0.1) is 0 Å². The zero-order chi connectivity index (χ0) is 8.36. The summed E-state index contributed by atoms with van der Waals surface area (Å²) in [6.45, 7) is 6.59. The molecule has 0 aromatic rings. The first-order valence-electron chi connectivity index (χ1n) is 4.70. The van der Waals surface area contributed by atoms with Crippen LogP contribution in [0, 0.1) is 0 Å². The van der Waals surface area contributed by atoms with Gasteiger partial charge in [-0.25, -0.2) is 0 Å². The van der Waals surface area contributed by atoms with Gasteiger partial charge >= 0.3 is 7.55 Å². The van der Waals surface area contributed by atoms with Crippen molar-refractivity contribution in [3.05, 3.63) is 0 Å². The molecular formula is C8H20BN2. The molecule has 0 atom stereocenters. The second kappa shape index (κ2) is 9.98. The average Bonchev–Trinajstić information content (AvgIpc) is 2.03. The van der Waals surface area contributed by atoms with Crippen LogP contribution < -0.4 is 10.5 Å². The highest BCUT2D eigenvalue weighted by Crippen LogP contribution is 1.81. The summed E-state index contributed by atoms with van der Waals surface area (Å²) in [4.78, 5) is 0. The van der Waals surface area contributed by atoms with E-state index in [4.69, 9.17) is 0 Å². The molecular weight excluding hydrogens is 135 g/mol. The molecule has 11 heavy (non-hydrogen) atoms. The highest BCUT2D eigenvalue weighted by Gasteiger charge is 1.88. The zero-order valence-electron chi connectivity index (χ0n) is 7.82. The van der Waals surface area contributed by atoms with Gasteiger partial charge in [0.1, 0.15) is 0 Å². The summed E-state index contributed by atoms with van der Waals surface area (Å²) in [7, 11) is 1.96. The minimum Gasteiger partial charge on any atom is -0.346 e. The quantitative estimate of drug-likeness (QED) is 0.407. The summed E-state index contributed by atoms with van der Waals surface area (Å²) in [6, 6.07) is 0. The smallest absolute Gasteiger partial charge is 0.307 e. The SMILES string of the molecule is CCCCN[B]NCCCC. The molecule has 3 heteroatoms. The molecule has 0 unspecified atom stereocenters. The van der Waals surface area contributed by atoms with E-state index in [2.05, 4.69) is 24.3 Å². The maximum absolute atomic E-state index is 3.21. The predicted molar refractivity (Wildman–Crippen MR) is 51.6 cm³/mol. The van der Waals surface area contributed by atoms with Crippen LogP contribution in [0.25, 0.3) is 0 Å². The van der Waals surface area contributed by atoms with Gasteiger partial charge in [-0.2, -0.15) is 0 Å². The molecule has 2 nitrogen and oxygen atoms in total. The first kappa shape index (κ1) is 11.0. The van der Waals surface area contributed by atoms with E-state index < -0.39 is 0 Å². The van der Waals surface area contributed by atoms with Crippen LogP contribution in [-0.4, -0.2) is 20.6 Å². The van der Waals surface area contributed by atoms with Crippen LogP contribution >= 0.6 is 0 Å². The van der Waals surface area contributed by atoms with Gasteiger partial charge in [-0.1, -0.05) is 26.7 Å². The Bertz CT molecular complexity index is 61.1. The van der Waals surface area contributed by atoms with E-state index in [1.807, 2.05) is 7.55 Å². The molecule has 0 aliphatic heterocycles. The van der Waals surface area contributed by atoms with E-state index in [0.29, 0.717) is 0 Å². The third-order valence-corrected chi connectivity index (χ3v) is 1.55. The number of nitrogens with one attached hydrogen (secondary N) is 2. The average molecular weight is 155 g/mol. The van der Waals surface area contributed by atoms with Gasteiger partial charge in [0.25, 0.3) is 0 Å². The Labute approximate surface area is 71.4 Å². The molecule has 0 rings (SSSR count). The Morgan fingerprint density at radius 3 is 1.73 bits per heavy atom. The Balaban J connectivity index is 2.69. The highest BCUT2D eigenvalue weighted by molar-refractivity contribution is 6.28. The zero-order valence-corrected chi connectivity index (χ0v) is 7.82. The van der Waals surface area contributed by atoms with Crippen LogP contribution in [0.2, 0.25) is 0 Å². The molecule has 0 aliphatic rings. The molecule has 0 saturated carbocycles. The Morgan fingerprint density at radius 1 is 0.909 bits per heavy atom. The van der Waals surface area contributed by atoms with Gasteiger partial charge in [-0.05, 0) is 25.9 Å². The van der Waals surface area contributed by atoms with Crippen molar-refractivity contribution in [2.75, 3.05) is 13.1 Å². The van der Waals surface area contributed by atoms with Crippen LogP contribution in [0.5, 0.6) is 0 Å². The van der Waals surface area contributed by atoms with Crippen molar-refractivity contribution in [1.29, 1.82) is 0 Å². The predicted octanol–water partition coefficient (Wildman–Crippen LogP) is 1.30. The van der Waals surface area contributed by atoms with Gasteiger partial charge in [0.2, 0.25) is 0 Å². The lowest BCUT2D eigenvalue weighted by atomic mass is 10.1. The summed E-state index contributed by atoms with van der Waals surface area (Å²) in [5.74, 6) is 0. The minimum atomic E-state index is 1.09. The summed E-state index contributed by atoms with van der Waals surface area (Å²) >= 11 is 0. The number of hydrogen-bond acceptors (Lipinski definition) is 2. The third-order valence-electron chi connectivity index (χ3n) is 1.55. The van der Waals surface area contributed by atoms with Crippen LogP contribution in [-0.2, 0) is 0 Å². The summed E-state index contributed by atoms with van der Waals surface area (Å²) in [5, 5.41) is 6.42. The van der Waals surface area contributed by atoms with Crippen molar-refractivity contribution < 1.29 is 0 Å². The molecule has 0 amide bonds. The molecule has 0 aliphatic carbocycles. The Kier molecular flexibility index (Phi) is 9.97. The monoisotopic (exact) mass is 155 g/mol. The molecule has 0 saturated heterocycles. The van der Waals surface area contributed by atoms with E-state index in [1.54, 1.807) is 0 Å². The molecule has 0 aromatic carbocycles. The first-order chi connectivity index (χ1) is 5.41. The van der Waals surface area contributed by atoms with E-state index >= 15 is 0 Å². The van der Waals surface area contributed by atoms with E-state index in [1.165, 1.54) is 25.7 Å². The maximum atomic E-state index is 3.21. The normalized spacial score (nSPS) is 10.0. The van der Waals surface area contributed by atoms with E-state index in [9.17, 15) is 0 Å². The summed E-state index contributed by atoms with van der Waals surface area (Å²) in [6.07, 6.45) is 5.03. The van der Waals surface area contributed by atoms with Crippen molar-refractivity contribution in [3.63, 3.8) is 0 Å². The molecule has 1 radical (unpaired) electrons. The number of rotatable bonds is 8. The van der Waals surface area contributed by atoms with E-state index in [0.717, 1.165) is 13.1 Å². The molecule has 65 valence electrons. The van der Waals surface area contributed by atoms with Crippen LogP contribution in [0.15, 0.2) is 0 Å².